The molecule has 3 nitrogen and oxygen atoms in total. The first-order chi connectivity index (χ1) is 9.53. The van der Waals surface area contributed by atoms with Gasteiger partial charge in [0.25, 0.3) is 0 Å². The van der Waals surface area contributed by atoms with Crippen molar-refractivity contribution in [3.8, 4) is 0 Å². The molecule has 1 aliphatic heterocycles. The van der Waals surface area contributed by atoms with E-state index < -0.39 is 0 Å². The lowest BCUT2D eigenvalue weighted by molar-refractivity contribution is 0.0269. The highest BCUT2D eigenvalue weighted by Gasteiger charge is 2.31. The van der Waals surface area contributed by atoms with Gasteiger partial charge in [0.05, 0.1) is 6.10 Å². The Bertz CT molecular complexity index is 397. The Morgan fingerprint density at radius 3 is 2.40 bits per heavy atom. The molecule has 0 aromatic heterocycles. The highest BCUT2D eigenvalue weighted by molar-refractivity contribution is 5.20. The smallest absolute Gasteiger partial charge is 0.0595 e. The van der Waals surface area contributed by atoms with Gasteiger partial charge in [-0.1, -0.05) is 44.2 Å². The van der Waals surface area contributed by atoms with Crippen molar-refractivity contribution in [2.45, 2.75) is 38.8 Å². The van der Waals surface area contributed by atoms with E-state index >= 15 is 0 Å². The first kappa shape index (κ1) is 15.5. The Hall–Kier alpha value is -0.900. The zero-order valence-electron chi connectivity index (χ0n) is 13.0. The Morgan fingerprint density at radius 2 is 1.85 bits per heavy atom. The van der Waals surface area contributed by atoms with Crippen LogP contribution in [-0.4, -0.2) is 37.7 Å². The molecule has 20 heavy (non-hydrogen) atoms. The number of piperidine rings is 1. The van der Waals surface area contributed by atoms with E-state index in [0.717, 1.165) is 32.5 Å². The molecule has 0 amide bonds. The number of methoxy groups -OCH3 is 1. The molecule has 1 fully saturated rings. The molecular weight excluding hydrogens is 248 g/mol. The van der Waals surface area contributed by atoms with Gasteiger partial charge < -0.3 is 15.4 Å². The van der Waals surface area contributed by atoms with Crippen molar-refractivity contribution >= 4 is 0 Å². The van der Waals surface area contributed by atoms with Gasteiger partial charge in [-0.05, 0) is 23.8 Å². The van der Waals surface area contributed by atoms with E-state index in [1.54, 1.807) is 0 Å². The standard InChI is InChI=1S/C17H28N2O/c1-17(2,16(18)14-7-5-4-6-8-14)13-19-11-9-15(20-3)10-12-19/h4-8,15-16H,9-13,18H2,1-3H3. The Balaban J connectivity index is 1.94. The van der Waals surface area contributed by atoms with E-state index in [-0.39, 0.29) is 11.5 Å². The third-order valence-electron chi connectivity index (χ3n) is 4.50. The van der Waals surface area contributed by atoms with Crippen molar-refractivity contribution in [2.24, 2.45) is 11.1 Å². The summed E-state index contributed by atoms with van der Waals surface area (Å²) in [5.74, 6) is 0. The second kappa shape index (κ2) is 6.70. The maximum Gasteiger partial charge on any atom is 0.0595 e. The van der Waals surface area contributed by atoms with Crippen LogP contribution in [0.1, 0.15) is 38.3 Å². The minimum atomic E-state index is 0.0707. The van der Waals surface area contributed by atoms with E-state index in [2.05, 4.69) is 43.0 Å². The van der Waals surface area contributed by atoms with Crippen molar-refractivity contribution in [2.75, 3.05) is 26.7 Å². The summed E-state index contributed by atoms with van der Waals surface area (Å²) in [5.41, 5.74) is 7.79. The third-order valence-corrected chi connectivity index (χ3v) is 4.50. The molecule has 3 heteroatoms. The first-order valence-corrected chi connectivity index (χ1v) is 7.58. The van der Waals surface area contributed by atoms with E-state index in [1.165, 1.54) is 5.56 Å². The average molecular weight is 276 g/mol. The molecule has 1 aromatic rings. The molecule has 0 radical (unpaired) electrons. The number of ether oxygens (including phenoxy) is 1. The minimum Gasteiger partial charge on any atom is -0.381 e. The van der Waals surface area contributed by atoms with E-state index in [4.69, 9.17) is 10.5 Å². The highest BCUT2D eigenvalue weighted by Crippen LogP contribution is 2.32. The van der Waals surface area contributed by atoms with Gasteiger partial charge in [-0.2, -0.15) is 0 Å². The molecule has 2 N–H and O–H groups in total. The van der Waals surface area contributed by atoms with Crippen molar-refractivity contribution < 1.29 is 4.74 Å². The summed E-state index contributed by atoms with van der Waals surface area (Å²) in [7, 11) is 1.82. The van der Waals surface area contributed by atoms with Crippen LogP contribution in [0, 0.1) is 5.41 Å². The molecule has 112 valence electrons. The topological polar surface area (TPSA) is 38.5 Å². The molecule has 1 saturated heterocycles. The SMILES string of the molecule is COC1CCN(CC(C)(C)C(N)c2ccccc2)CC1. The lowest BCUT2D eigenvalue weighted by atomic mass is 9.80. The van der Waals surface area contributed by atoms with Crippen LogP contribution in [0.15, 0.2) is 30.3 Å². The lowest BCUT2D eigenvalue weighted by Gasteiger charge is -2.40. The molecule has 1 unspecified atom stereocenters. The number of rotatable bonds is 5. The van der Waals surface area contributed by atoms with Crippen molar-refractivity contribution in [3.63, 3.8) is 0 Å². The van der Waals surface area contributed by atoms with Crippen molar-refractivity contribution in [3.05, 3.63) is 35.9 Å². The van der Waals surface area contributed by atoms with E-state index in [0.29, 0.717) is 6.10 Å². The molecule has 0 aliphatic carbocycles. The zero-order valence-corrected chi connectivity index (χ0v) is 13.0. The van der Waals surface area contributed by atoms with Crippen LogP contribution in [0.2, 0.25) is 0 Å². The second-order valence-corrected chi connectivity index (χ2v) is 6.59. The second-order valence-electron chi connectivity index (χ2n) is 6.59. The maximum atomic E-state index is 6.49. The van der Waals surface area contributed by atoms with Crippen molar-refractivity contribution in [1.29, 1.82) is 0 Å². The lowest BCUT2D eigenvalue weighted by Crippen LogP contribution is -2.45. The quantitative estimate of drug-likeness (QED) is 0.898. The van der Waals surface area contributed by atoms with Gasteiger partial charge in [-0.15, -0.1) is 0 Å². The Morgan fingerprint density at radius 1 is 1.25 bits per heavy atom. The summed E-state index contributed by atoms with van der Waals surface area (Å²) in [6.07, 6.45) is 2.71. The summed E-state index contributed by atoms with van der Waals surface area (Å²) < 4.78 is 5.43. The van der Waals surface area contributed by atoms with Crippen LogP contribution in [0.5, 0.6) is 0 Å². The number of likely N-dealkylation sites (tertiary alicyclic amines) is 1. The van der Waals surface area contributed by atoms with Crippen LogP contribution in [0.3, 0.4) is 0 Å². The monoisotopic (exact) mass is 276 g/mol. The molecule has 2 rings (SSSR count). The maximum absolute atomic E-state index is 6.49. The van der Waals surface area contributed by atoms with Gasteiger partial charge in [0, 0.05) is 32.8 Å². The van der Waals surface area contributed by atoms with Crippen LogP contribution >= 0.6 is 0 Å². The minimum absolute atomic E-state index is 0.0707. The summed E-state index contributed by atoms with van der Waals surface area (Å²) in [4.78, 5) is 2.53. The summed E-state index contributed by atoms with van der Waals surface area (Å²) in [6.45, 7) is 7.81. The van der Waals surface area contributed by atoms with Crippen molar-refractivity contribution in [1.82, 2.24) is 4.90 Å². The number of hydrogen-bond acceptors (Lipinski definition) is 3. The van der Waals surface area contributed by atoms with Gasteiger partial charge in [-0.3, -0.25) is 0 Å². The van der Waals surface area contributed by atoms with Gasteiger partial charge in [0.15, 0.2) is 0 Å². The number of benzene rings is 1. The third kappa shape index (κ3) is 3.81. The summed E-state index contributed by atoms with van der Waals surface area (Å²) >= 11 is 0. The predicted octanol–water partition coefficient (Wildman–Crippen LogP) is 2.82. The Labute approximate surface area is 123 Å². The van der Waals surface area contributed by atoms with Crippen LogP contribution in [0.4, 0.5) is 0 Å². The fourth-order valence-corrected chi connectivity index (χ4v) is 3.09. The fraction of sp³-hybridized carbons (Fsp3) is 0.647. The first-order valence-electron chi connectivity index (χ1n) is 7.58. The van der Waals surface area contributed by atoms with Gasteiger partial charge in [0.2, 0.25) is 0 Å². The molecule has 1 aromatic carbocycles. The van der Waals surface area contributed by atoms with Crippen LogP contribution in [-0.2, 0) is 4.74 Å². The van der Waals surface area contributed by atoms with Crippen LogP contribution in [0.25, 0.3) is 0 Å². The van der Waals surface area contributed by atoms with E-state index in [9.17, 15) is 0 Å². The number of nitrogens with zero attached hydrogens (tertiary/aromatic N) is 1. The largest absolute Gasteiger partial charge is 0.381 e. The van der Waals surface area contributed by atoms with Gasteiger partial charge >= 0.3 is 0 Å². The predicted molar refractivity (Wildman–Crippen MR) is 83.6 cm³/mol. The molecule has 1 atom stereocenters. The normalized spacial score (nSPS) is 20.0. The highest BCUT2D eigenvalue weighted by atomic mass is 16.5. The molecule has 0 spiro atoms. The number of hydrogen-bond donors (Lipinski definition) is 1. The van der Waals surface area contributed by atoms with E-state index in [1.807, 2.05) is 13.2 Å². The fourth-order valence-electron chi connectivity index (χ4n) is 3.09. The summed E-state index contributed by atoms with van der Waals surface area (Å²) in [6, 6.07) is 10.5. The van der Waals surface area contributed by atoms with Gasteiger partial charge in [0.1, 0.15) is 0 Å². The summed E-state index contributed by atoms with van der Waals surface area (Å²) in [5, 5.41) is 0. The number of nitrogens with two attached hydrogens (primary N) is 1. The molecule has 0 bridgehead atoms. The van der Waals surface area contributed by atoms with Gasteiger partial charge in [-0.25, -0.2) is 0 Å². The molecular formula is C17H28N2O. The Kier molecular flexibility index (Phi) is 5.19. The molecule has 0 saturated carbocycles. The molecule has 1 heterocycles. The zero-order chi connectivity index (χ0) is 14.6. The average Bonchev–Trinajstić information content (AvgIpc) is 2.48. The van der Waals surface area contributed by atoms with Crippen LogP contribution < -0.4 is 5.73 Å². The molecule has 1 aliphatic rings.